The number of carboxylic acids is 1. The summed E-state index contributed by atoms with van der Waals surface area (Å²) in [6.07, 6.45) is 4.55. The van der Waals surface area contributed by atoms with Gasteiger partial charge >= 0.3 is 18.9 Å². The Morgan fingerprint density at radius 1 is 1.64 bits per heavy atom. The standard InChI is InChI=1S/C9H12N2O2.Li/c12-9(13)4-3-7-6-10-8-2-1-5-11(7)8;/h6H,1-5H2,(H,12,13);/q;+1/p-1. The largest absolute Gasteiger partial charge is 1.00 e. The molecule has 0 unspecified atom stereocenters. The van der Waals surface area contributed by atoms with Crippen LogP contribution in [0.4, 0.5) is 0 Å². The first-order valence-corrected chi connectivity index (χ1v) is 4.50. The summed E-state index contributed by atoms with van der Waals surface area (Å²) in [4.78, 5) is 14.5. The number of hydrogen-bond donors (Lipinski definition) is 0. The molecule has 0 saturated heterocycles. The first-order chi connectivity index (χ1) is 6.27. The molecule has 1 aromatic rings. The van der Waals surface area contributed by atoms with Crippen LogP contribution in [0.3, 0.4) is 0 Å². The van der Waals surface area contributed by atoms with Crippen LogP contribution in [0.2, 0.25) is 0 Å². The van der Waals surface area contributed by atoms with E-state index in [1.807, 2.05) is 0 Å². The molecule has 70 valence electrons. The Hall–Kier alpha value is -0.723. The summed E-state index contributed by atoms with van der Waals surface area (Å²) in [7, 11) is 0. The van der Waals surface area contributed by atoms with Crippen LogP contribution in [0.15, 0.2) is 6.20 Å². The van der Waals surface area contributed by atoms with Crippen molar-refractivity contribution in [1.82, 2.24) is 9.55 Å². The van der Waals surface area contributed by atoms with E-state index >= 15 is 0 Å². The van der Waals surface area contributed by atoms with Gasteiger partial charge in [0.2, 0.25) is 0 Å². The second-order valence-electron chi connectivity index (χ2n) is 3.29. The van der Waals surface area contributed by atoms with E-state index < -0.39 is 5.97 Å². The maximum absolute atomic E-state index is 10.3. The maximum Gasteiger partial charge on any atom is 1.00 e. The van der Waals surface area contributed by atoms with Gasteiger partial charge in [0, 0.05) is 30.8 Å². The molecule has 1 aromatic heterocycles. The zero-order chi connectivity index (χ0) is 9.26. The second-order valence-corrected chi connectivity index (χ2v) is 3.29. The summed E-state index contributed by atoms with van der Waals surface area (Å²) in [5, 5.41) is 10.3. The minimum atomic E-state index is -0.992. The maximum atomic E-state index is 10.3. The van der Waals surface area contributed by atoms with E-state index in [2.05, 4.69) is 9.55 Å². The monoisotopic (exact) mass is 186 g/mol. The van der Waals surface area contributed by atoms with Crippen LogP contribution in [-0.2, 0) is 24.2 Å². The number of nitrogens with zero attached hydrogens (tertiary/aromatic N) is 2. The fourth-order valence-electron chi connectivity index (χ4n) is 1.75. The third-order valence-corrected chi connectivity index (χ3v) is 2.39. The minimum Gasteiger partial charge on any atom is -0.550 e. The third-order valence-electron chi connectivity index (χ3n) is 2.39. The molecule has 2 heterocycles. The first kappa shape index (κ1) is 11.4. The molecule has 2 rings (SSSR count). The van der Waals surface area contributed by atoms with Crippen molar-refractivity contribution in [3.8, 4) is 0 Å². The minimum absolute atomic E-state index is 0. The average Bonchev–Trinajstić information content (AvgIpc) is 2.60. The Balaban J connectivity index is 0.000000980. The summed E-state index contributed by atoms with van der Waals surface area (Å²) in [6, 6.07) is 0. The van der Waals surface area contributed by atoms with Crippen molar-refractivity contribution >= 4 is 5.97 Å². The molecule has 5 heteroatoms. The summed E-state index contributed by atoms with van der Waals surface area (Å²) in [5.74, 6) is 0.0990. The zero-order valence-electron chi connectivity index (χ0n) is 8.32. The molecular formula is C9H11LiN2O2. The van der Waals surface area contributed by atoms with Crippen LogP contribution in [0.25, 0.3) is 0 Å². The van der Waals surface area contributed by atoms with Crippen molar-refractivity contribution in [3.63, 3.8) is 0 Å². The molecule has 0 spiro atoms. The Morgan fingerprint density at radius 3 is 3.14 bits per heavy atom. The van der Waals surface area contributed by atoms with Crippen molar-refractivity contribution in [1.29, 1.82) is 0 Å². The van der Waals surface area contributed by atoms with Gasteiger partial charge < -0.3 is 14.5 Å². The predicted octanol–water partition coefficient (Wildman–Crippen LogP) is -3.48. The summed E-state index contributed by atoms with van der Waals surface area (Å²) in [6.45, 7) is 0.984. The van der Waals surface area contributed by atoms with Crippen molar-refractivity contribution in [3.05, 3.63) is 17.7 Å². The van der Waals surface area contributed by atoms with Crippen LogP contribution in [0.5, 0.6) is 0 Å². The van der Waals surface area contributed by atoms with Gasteiger partial charge in [0.25, 0.3) is 0 Å². The molecule has 14 heavy (non-hydrogen) atoms. The zero-order valence-corrected chi connectivity index (χ0v) is 8.32. The van der Waals surface area contributed by atoms with E-state index in [1.165, 1.54) is 0 Å². The number of rotatable bonds is 3. The van der Waals surface area contributed by atoms with Gasteiger partial charge in [-0.25, -0.2) is 4.98 Å². The molecular weight excluding hydrogens is 175 g/mol. The molecule has 0 aromatic carbocycles. The normalized spacial score (nSPS) is 13.4. The fourth-order valence-corrected chi connectivity index (χ4v) is 1.75. The Labute approximate surface area is 94.5 Å². The average molecular weight is 186 g/mol. The topological polar surface area (TPSA) is 57.9 Å². The molecule has 4 nitrogen and oxygen atoms in total. The second kappa shape index (κ2) is 4.67. The molecule has 0 amide bonds. The van der Waals surface area contributed by atoms with Gasteiger partial charge in [-0.1, -0.05) is 0 Å². The van der Waals surface area contributed by atoms with Crippen molar-refractivity contribution < 1.29 is 28.8 Å². The summed E-state index contributed by atoms with van der Waals surface area (Å²) >= 11 is 0. The summed E-state index contributed by atoms with van der Waals surface area (Å²) in [5.41, 5.74) is 1.02. The van der Waals surface area contributed by atoms with Crippen LogP contribution in [0, 0.1) is 0 Å². The van der Waals surface area contributed by atoms with E-state index in [9.17, 15) is 9.90 Å². The third kappa shape index (κ3) is 2.20. The van der Waals surface area contributed by atoms with Crippen molar-refractivity contribution in [2.24, 2.45) is 0 Å². The van der Waals surface area contributed by atoms with Gasteiger partial charge in [-0.3, -0.25) is 0 Å². The molecule has 0 radical (unpaired) electrons. The number of carbonyl (C=O) groups is 1. The van der Waals surface area contributed by atoms with Gasteiger partial charge in [-0.2, -0.15) is 0 Å². The van der Waals surface area contributed by atoms with E-state index in [0.717, 1.165) is 30.9 Å². The number of aromatic nitrogens is 2. The number of hydrogen-bond acceptors (Lipinski definition) is 3. The van der Waals surface area contributed by atoms with E-state index in [1.54, 1.807) is 6.20 Å². The van der Waals surface area contributed by atoms with Crippen LogP contribution >= 0.6 is 0 Å². The van der Waals surface area contributed by atoms with E-state index in [4.69, 9.17) is 0 Å². The van der Waals surface area contributed by atoms with Gasteiger partial charge in [-0.15, -0.1) is 0 Å². The van der Waals surface area contributed by atoms with Gasteiger partial charge in [0.1, 0.15) is 5.82 Å². The first-order valence-electron chi connectivity index (χ1n) is 4.50. The number of aliphatic carboxylic acids is 1. The van der Waals surface area contributed by atoms with Crippen LogP contribution < -0.4 is 24.0 Å². The Kier molecular flexibility index (Phi) is 3.79. The van der Waals surface area contributed by atoms with Gasteiger partial charge in [0.05, 0.1) is 0 Å². The van der Waals surface area contributed by atoms with Crippen LogP contribution in [-0.4, -0.2) is 15.5 Å². The molecule has 0 bridgehead atoms. The quantitative estimate of drug-likeness (QED) is 0.460. The number of carbonyl (C=O) groups excluding carboxylic acids is 1. The van der Waals surface area contributed by atoms with E-state index in [-0.39, 0.29) is 25.3 Å². The van der Waals surface area contributed by atoms with Gasteiger partial charge in [0.15, 0.2) is 0 Å². The molecule has 1 aliphatic heterocycles. The molecule has 0 aliphatic carbocycles. The molecule has 0 N–H and O–H groups in total. The summed E-state index contributed by atoms with van der Waals surface area (Å²) < 4.78 is 2.11. The Bertz CT molecular complexity index is 336. The fraction of sp³-hybridized carbons (Fsp3) is 0.556. The predicted molar refractivity (Wildman–Crippen MR) is 43.9 cm³/mol. The van der Waals surface area contributed by atoms with Gasteiger partial charge in [-0.05, 0) is 19.3 Å². The Morgan fingerprint density at radius 2 is 2.43 bits per heavy atom. The smallest absolute Gasteiger partial charge is 0.550 e. The van der Waals surface area contributed by atoms with Crippen LogP contribution in [0.1, 0.15) is 24.4 Å². The van der Waals surface area contributed by atoms with E-state index in [0.29, 0.717) is 6.42 Å². The number of imidazole rings is 1. The molecule has 0 saturated carbocycles. The van der Waals surface area contributed by atoms with Crippen molar-refractivity contribution in [2.45, 2.75) is 32.2 Å². The molecule has 0 fully saturated rings. The number of fused-ring (bicyclic) bond motifs is 1. The molecule has 0 atom stereocenters. The number of carboxylic acid groups (broad SMARTS) is 1. The van der Waals surface area contributed by atoms with Crippen molar-refractivity contribution in [2.75, 3.05) is 0 Å². The molecule has 1 aliphatic rings. The number of aryl methyl sites for hydroxylation is 2. The SMILES string of the molecule is O=C([O-])CCc1cnc2n1CCC2.[Li+].